The molecule has 39 heavy (non-hydrogen) atoms. The fourth-order valence-electron chi connectivity index (χ4n) is 4.17. The van der Waals surface area contributed by atoms with E-state index in [1.807, 2.05) is 43.5 Å². The lowest BCUT2D eigenvalue weighted by molar-refractivity contribution is -0.139. The van der Waals surface area contributed by atoms with Crippen LogP contribution in [0.4, 0.5) is 15.2 Å². The molecule has 1 aromatic heterocycles. The molecule has 9 heteroatoms. The second-order valence-electron chi connectivity index (χ2n) is 9.44. The number of hydrogen-bond acceptors (Lipinski definition) is 6. The highest BCUT2D eigenvalue weighted by molar-refractivity contribution is 7.14. The van der Waals surface area contributed by atoms with E-state index in [1.54, 1.807) is 54.5 Å². The molecule has 1 atom stereocenters. The second kappa shape index (κ2) is 12.5. The molecule has 7 nitrogen and oxygen atoms in total. The van der Waals surface area contributed by atoms with Crippen molar-refractivity contribution >= 4 is 34.0 Å². The van der Waals surface area contributed by atoms with Crippen molar-refractivity contribution in [1.82, 2.24) is 10.3 Å². The van der Waals surface area contributed by atoms with Gasteiger partial charge in [-0.15, -0.1) is 11.3 Å². The largest absolute Gasteiger partial charge is 0.496 e. The molecule has 0 aliphatic carbocycles. The number of amides is 1. The van der Waals surface area contributed by atoms with Crippen LogP contribution in [0.5, 0.6) is 5.75 Å². The highest BCUT2D eigenvalue weighted by Gasteiger charge is 2.22. The Morgan fingerprint density at radius 2 is 1.74 bits per heavy atom. The number of nitrogens with one attached hydrogen (secondary N) is 1. The van der Waals surface area contributed by atoms with Crippen LogP contribution in [-0.2, 0) is 11.3 Å². The third-order valence-corrected chi connectivity index (χ3v) is 6.98. The first-order chi connectivity index (χ1) is 18.8. The van der Waals surface area contributed by atoms with Crippen LogP contribution in [0.25, 0.3) is 11.3 Å². The van der Waals surface area contributed by atoms with Crippen LogP contribution in [-0.4, -0.2) is 35.1 Å². The molecule has 1 unspecified atom stereocenters. The van der Waals surface area contributed by atoms with Crippen molar-refractivity contribution in [2.24, 2.45) is 5.92 Å². The summed E-state index contributed by atoms with van der Waals surface area (Å²) in [6.07, 6.45) is 0.335. The minimum atomic E-state index is -1.06. The lowest BCUT2D eigenvalue weighted by atomic mass is 10.0. The topological polar surface area (TPSA) is 91.8 Å². The van der Waals surface area contributed by atoms with Crippen LogP contribution in [0.15, 0.2) is 78.2 Å². The Balaban J connectivity index is 1.59. The lowest BCUT2D eigenvalue weighted by Gasteiger charge is -2.23. The first kappa shape index (κ1) is 27.8. The van der Waals surface area contributed by atoms with Crippen LogP contribution >= 0.6 is 11.3 Å². The van der Waals surface area contributed by atoms with Gasteiger partial charge in [-0.25, -0.2) is 14.2 Å². The third kappa shape index (κ3) is 6.80. The normalized spacial score (nSPS) is 11.7. The van der Waals surface area contributed by atoms with E-state index >= 15 is 0 Å². The molecular formula is C30H30FN3O4S. The van der Waals surface area contributed by atoms with Crippen LogP contribution in [0.3, 0.4) is 0 Å². The summed E-state index contributed by atoms with van der Waals surface area (Å²) < 4.78 is 20.4. The summed E-state index contributed by atoms with van der Waals surface area (Å²) >= 11 is 1.39. The summed E-state index contributed by atoms with van der Waals surface area (Å²) in [6.45, 7) is 4.10. The van der Waals surface area contributed by atoms with Crippen molar-refractivity contribution < 1.29 is 23.8 Å². The highest BCUT2D eigenvalue weighted by Crippen LogP contribution is 2.37. The maximum atomic E-state index is 14.9. The van der Waals surface area contributed by atoms with Gasteiger partial charge in [0.2, 0.25) is 0 Å². The van der Waals surface area contributed by atoms with Gasteiger partial charge in [0, 0.05) is 16.5 Å². The zero-order chi connectivity index (χ0) is 27.9. The van der Waals surface area contributed by atoms with Crippen molar-refractivity contribution in [3.63, 3.8) is 0 Å². The van der Waals surface area contributed by atoms with E-state index < -0.39 is 17.9 Å². The number of para-hydroxylation sites is 2. The molecule has 0 aliphatic heterocycles. The van der Waals surface area contributed by atoms with Gasteiger partial charge in [-0.1, -0.05) is 50.2 Å². The fourth-order valence-corrected chi connectivity index (χ4v) is 5.01. The number of ether oxygens (including phenoxy) is 1. The van der Waals surface area contributed by atoms with Gasteiger partial charge in [-0.3, -0.25) is 4.79 Å². The van der Waals surface area contributed by atoms with Gasteiger partial charge in [-0.05, 0) is 54.3 Å². The average Bonchev–Trinajstić information content (AvgIpc) is 3.41. The number of hydrogen-bond donors (Lipinski definition) is 2. The number of halogens is 1. The van der Waals surface area contributed by atoms with E-state index in [-0.39, 0.29) is 11.7 Å². The standard InChI is InChI=1S/C30H30FN3O4S/c1-19(2)16-24(29(36)37)32-28(35)21-14-12-20(13-15-21)17-34(26-10-6-5-9-23(26)31)30-33-25(18-39-30)22-8-4-7-11-27(22)38-3/h4-15,18-19,24H,16-17H2,1-3H3,(H,32,35)(H,36,37). The molecule has 0 aliphatic rings. The third-order valence-electron chi connectivity index (χ3n) is 6.12. The van der Waals surface area contributed by atoms with E-state index in [1.165, 1.54) is 17.4 Å². The number of thiazole rings is 1. The van der Waals surface area contributed by atoms with Crippen LogP contribution in [0.2, 0.25) is 0 Å². The Bertz CT molecular complexity index is 1440. The molecule has 2 N–H and O–H groups in total. The summed E-state index contributed by atoms with van der Waals surface area (Å²) in [6, 6.07) is 19.9. The fraction of sp³-hybridized carbons (Fsp3) is 0.233. The predicted molar refractivity (Wildman–Crippen MR) is 151 cm³/mol. The first-order valence-corrected chi connectivity index (χ1v) is 13.4. The molecule has 202 valence electrons. The van der Waals surface area contributed by atoms with E-state index in [2.05, 4.69) is 5.32 Å². The molecule has 0 bridgehead atoms. The number of rotatable bonds is 11. The Hall–Kier alpha value is -4.24. The number of methoxy groups -OCH3 is 1. The Morgan fingerprint density at radius 1 is 1.05 bits per heavy atom. The van der Waals surface area contributed by atoms with Gasteiger partial charge in [0.15, 0.2) is 5.13 Å². The van der Waals surface area contributed by atoms with E-state index in [9.17, 15) is 19.1 Å². The zero-order valence-electron chi connectivity index (χ0n) is 21.9. The van der Waals surface area contributed by atoms with Crippen molar-refractivity contribution in [3.05, 3.63) is 95.1 Å². The first-order valence-electron chi connectivity index (χ1n) is 12.5. The number of aromatic nitrogens is 1. The number of benzene rings is 3. The number of anilines is 2. The molecule has 4 aromatic rings. The molecule has 3 aromatic carbocycles. The minimum absolute atomic E-state index is 0.118. The predicted octanol–water partition coefficient (Wildman–Crippen LogP) is 6.53. The maximum Gasteiger partial charge on any atom is 0.326 e. The molecule has 0 radical (unpaired) electrons. The van der Waals surface area contributed by atoms with E-state index in [4.69, 9.17) is 9.72 Å². The Labute approximate surface area is 230 Å². The number of carboxylic acid groups (broad SMARTS) is 1. The zero-order valence-corrected chi connectivity index (χ0v) is 22.7. The monoisotopic (exact) mass is 547 g/mol. The van der Waals surface area contributed by atoms with Crippen molar-refractivity contribution in [2.75, 3.05) is 12.0 Å². The van der Waals surface area contributed by atoms with Crippen LogP contribution in [0, 0.1) is 11.7 Å². The van der Waals surface area contributed by atoms with Crippen LogP contribution < -0.4 is 15.0 Å². The number of aliphatic carboxylic acids is 1. The van der Waals surface area contributed by atoms with Gasteiger partial charge < -0.3 is 20.1 Å². The van der Waals surface area contributed by atoms with Crippen molar-refractivity contribution in [1.29, 1.82) is 0 Å². The second-order valence-corrected chi connectivity index (χ2v) is 10.3. The van der Waals surface area contributed by atoms with Crippen molar-refractivity contribution in [3.8, 4) is 17.0 Å². The van der Waals surface area contributed by atoms with Gasteiger partial charge in [0.1, 0.15) is 17.6 Å². The maximum absolute atomic E-state index is 14.9. The highest BCUT2D eigenvalue weighted by atomic mass is 32.1. The molecule has 1 heterocycles. The molecule has 0 spiro atoms. The lowest BCUT2D eigenvalue weighted by Crippen LogP contribution is -2.41. The average molecular weight is 548 g/mol. The number of nitrogens with zero attached hydrogens (tertiary/aromatic N) is 2. The van der Waals surface area contributed by atoms with Gasteiger partial charge >= 0.3 is 5.97 Å². The van der Waals surface area contributed by atoms with E-state index in [0.717, 1.165) is 16.8 Å². The van der Waals surface area contributed by atoms with Gasteiger partial charge in [0.25, 0.3) is 5.91 Å². The molecule has 4 rings (SSSR count). The number of carbonyl (C=O) groups is 2. The smallest absolute Gasteiger partial charge is 0.326 e. The molecule has 0 saturated carbocycles. The summed E-state index contributed by atoms with van der Waals surface area (Å²) in [4.78, 5) is 30.8. The van der Waals surface area contributed by atoms with Gasteiger partial charge in [-0.2, -0.15) is 0 Å². The SMILES string of the molecule is COc1ccccc1-c1csc(N(Cc2ccc(C(=O)NC(CC(C)C)C(=O)O)cc2)c2ccccc2F)n1. The quantitative estimate of drug-likeness (QED) is 0.222. The summed E-state index contributed by atoms with van der Waals surface area (Å²) in [5.41, 5.74) is 3.09. The Kier molecular flexibility index (Phi) is 8.93. The van der Waals surface area contributed by atoms with Crippen LogP contribution in [0.1, 0.15) is 36.2 Å². The molecular weight excluding hydrogens is 517 g/mol. The summed E-state index contributed by atoms with van der Waals surface area (Å²) in [7, 11) is 1.60. The van der Waals surface area contributed by atoms with E-state index in [0.29, 0.717) is 35.1 Å². The van der Waals surface area contributed by atoms with Crippen molar-refractivity contribution in [2.45, 2.75) is 32.9 Å². The molecule has 1 amide bonds. The van der Waals surface area contributed by atoms with Gasteiger partial charge in [0.05, 0.1) is 25.0 Å². The molecule has 0 fully saturated rings. The molecule has 0 saturated heterocycles. The minimum Gasteiger partial charge on any atom is -0.496 e. The number of carboxylic acids is 1. The summed E-state index contributed by atoms with van der Waals surface area (Å²) in [5.74, 6) is -1.09. The summed E-state index contributed by atoms with van der Waals surface area (Å²) in [5, 5.41) is 14.5. The number of carbonyl (C=O) groups excluding carboxylic acids is 1. The Morgan fingerprint density at radius 3 is 2.41 bits per heavy atom.